The zero-order chi connectivity index (χ0) is 19.3. The Morgan fingerprint density at radius 3 is 2.26 bits per heavy atom. The van der Waals surface area contributed by atoms with Gasteiger partial charge in [0.15, 0.2) is 9.84 Å². The second kappa shape index (κ2) is 8.18. The summed E-state index contributed by atoms with van der Waals surface area (Å²) in [6.07, 6.45) is 1.58. The number of sulfone groups is 1. The first-order valence-corrected chi connectivity index (χ1v) is 10.2. The highest BCUT2D eigenvalue weighted by Gasteiger charge is 2.15. The Kier molecular flexibility index (Phi) is 5.71. The van der Waals surface area contributed by atoms with Crippen LogP contribution in [0.2, 0.25) is 0 Å². The van der Waals surface area contributed by atoms with E-state index >= 15 is 0 Å². The number of hydrogen-bond acceptors (Lipinski definition) is 5. The fourth-order valence-corrected chi connectivity index (χ4v) is 3.92. The van der Waals surface area contributed by atoms with Gasteiger partial charge in [-0.05, 0) is 17.7 Å². The molecule has 0 saturated heterocycles. The molecular formula is C20H21N3O3S. The molecule has 0 amide bonds. The number of rotatable bonds is 7. The summed E-state index contributed by atoms with van der Waals surface area (Å²) < 4.78 is 25.9. The van der Waals surface area contributed by atoms with Crippen LogP contribution in [0.1, 0.15) is 5.56 Å². The van der Waals surface area contributed by atoms with Gasteiger partial charge in [0.25, 0.3) is 5.56 Å². The fraction of sp³-hybridized carbons (Fsp3) is 0.200. The van der Waals surface area contributed by atoms with Crippen LogP contribution >= 0.6 is 0 Å². The molecule has 140 valence electrons. The summed E-state index contributed by atoms with van der Waals surface area (Å²) in [6, 6.07) is 19.6. The predicted molar refractivity (Wildman–Crippen MR) is 106 cm³/mol. The highest BCUT2D eigenvalue weighted by Crippen LogP contribution is 2.13. The van der Waals surface area contributed by atoms with Gasteiger partial charge in [0.05, 0.1) is 29.1 Å². The third-order valence-corrected chi connectivity index (χ3v) is 5.94. The van der Waals surface area contributed by atoms with Crippen LogP contribution in [-0.4, -0.2) is 31.0 Å². The Bertz CT molecular complexity index is 1050. The van der Waals surface area contributed by atoms with Crippen molar-refractivity contribution in [3.63, 3.8) is 0 Å². The van der Waals surface area contributed by atoms with E-state index in [-0.39, 0.29) is 22.8 Å². The molecule has 0 N–H and O–H groups in total. The lowest BCUT2D eigenvalue weighted by molar-refractivity contribution is 0.570. The second-order valence-electron chi connectivity index (χ2n) is 6.25. The molecule has 0 fully saturated rings. The number of anilines is 1. The van der Waals surface area contributed by atoms with Crippen molar-refractivity contribution >= 4 is 15.5 Å². The van der Waals surface area contributed by atoms with E-state index in [9.17, 15) is 13.2 Å². The molecule has 0 spiro atoms. The molecule has 1 aromatic heterocycles. The molecule has 0 unspecified atom stereocenters. The zero-order valence-corrected chi connectivity index (χ0v) is 15.8. The number of hydrogen-bond donors (Lipinski definition) is 0. The maximum absolute atomic E-state index is 12.3. The molecule has 3 rings (SSSR count). The van der Waals surface area contributed by atoms with E-state index < -0.39 is 9.84 Å². The van der Waals surface area contributed by atoms with Gasteiger partial charge in [-0.2, -0.15) is 5.10 Å². The van der Waals surface area contributed by atoms with Crippen LogP contribution in [0.5, 0.6) is 0 Å². The average Bonchev–Trinajstić information content (AvgIpc) is 2.68. The number of benzene rings is 2. The van der Waals surface area contributed by atoms with Crippen molar-refractivity contribution in [2.45, 2.75) is 18.0 Å². The Balaban J connectivity index is 1.69. The molecule has 0 saturated carbocycles. The molecule has 0 aliphatic heterocycles. The van der Waals surface area contributed by atoms with Crippen molar-refractivity contribution in [2.75, 3.05) is 17.7 Å². The van der Waals surface area contributed by atoms with Gasteiger partial charge < -0.3 is 4.90 Å². The molecule has 7 heteroatoms. The summed E-state index contributed by atoms with van der Waals surface area (Å²) in [4.78, 5) is 14.5. The van der Waals surface area contributed by atoms with E-state index in [1.165, 1.54) is 10.7 Å². The first kappa shape index (κ1) is 18.8. The predicted octanol–water partition coefficient (Wildman–Crippen LogP) is 2.35. The maximum atomic E-state index is 12.3. The van der Waals surface area contributed by atoms with Crippen molar-refractivity contribution in [1.29, 1.82) is 0 Å². The lowest BCUT2D eigenvalue weighted by Gasteiger charge is -2.19. The third kappa shape index (κ3) is 4.83. The van der Waals surface area contributed by atoms with Gasteiger partial charge >= 0.3 is 0 Å². The SMILES string of the molecule is CN(Cc1ccccc1)c1cnn(CCS(=O)(=O)c2ccccc2)c(=O)c1. The van der Waals surface area contributed by atoms with Crippen LogP contribution in [0.3, 0.4) is 0 Å². The third-order valence-electron chi connectivity index (χ3n) is 4.23. The van der Waals surface area contributed by atoms with Gasteiger partial charge in [0, 0.05) is 19.7 Å². The van der Waals surface area contributed by atoms with E-state index in [0.29, 0.717) is 12.2 Å². The molecule has 0 radical (unpaired) electrons. The van der Waals surface area contributed by atoms with E-state index in [1.807, 2.05) is 42.3 Å². The molecule has 6 nitrogen and oxygen atoms in total. The fourth-order valence-electron chi connectivity index (χ4n) is 2.70. The number of aromatic nitrogens is 2. The van der Waals surface area contributed by atoms with Crippen LogP contribution in [0, 0.1) is 0 Å². The smallest absolute Gasteiger partial charge is 0.268 e. The van der Waals surface area contributed by atoms with Crippen molar-refractivity contribution < 1.29 is 8.42 Å². The second-order valence-corrected chi connectivity index (χ2v) is 8.36. The summed E-state index contributed by atoms with van der Waals surface area (Å²) in [5.74, 6) is -0.177. The summed E-state index contributed by atoms with van der Waals surface area (Å²) in [7, 11) is -1.57. The molecule has 1 heterocycles. The van der Waals surface area contributed by atoms with Crippen molar-refractivity contribution in [3.8, 4) is 0 Å². The lowest BCUT2D eigenvalue weighted by atomic mass is 10.2. The van der Waals surface area contributed by atoms with Gasteiger partial charge in [0.1, 0.15) is 0 Å². The quantitative estimate of drug-likeness (QED) is 0.626. The zero-order valence-electron chi connectivity index (χ0n) is 15.0. The molecule has 2 aromatic carbocycles. The summed E-state index contributed by atoms with van der Waals surface area (Å²) in [5, 5.41) is 4.14. The Morgan fingerprint density at radius 1 is 1.00 bits per heavy atom. The summed E-state index contributed by atoms with van der Waals surface area (Å²) in [6.45, 7) is 0.660. The van der Waals surface area contributed by atoms with Crippen LogP contribution in [-0.2, 0) is 22.9 Å². The van der Waals surface area contributed by atoms with E-state index in [1.54, 1.807) is 36.5 Å². The van der Waals surface area contributed by atoms with Crippen molar-refractivity contribution in [2.24, 2.45) is 0 Å². The number of nitrogens with zero attached hydrogens (tertiary/aromatic N) is 3. The Labute approximate surface area is 158 Å². The van der Waals surface area contributed by atoms with Gasteiger partial charge in [0.2, 0.25) is 0 Å². The highest BCUT2D eigenvalue weighted by atomic mass is 32.2. The first-order chi connectivity index (χ1) is 13.0. The van der Waals surface area contributed by atoms with E-state index in [4.69, 9.17) is 0 Å². The van der Waals surface area contributed by atoms with Crippen LogP contribution < -0.4 is 10.5 Å². The van der Waals surface area contributed by atoms with Crippen molar-refractivity contribution in [1.82, 2.24) is 9.78 Å². The van der Waals surface area contributed by atoms with Crippen LogP contribution in [0.25, 0.3) is 0 Å². The minimum absolute atomic E-state index is 0.0126. The topological polar surface area (TPSA) is 72.3 Å². The average molecular weight is 383 g/mol. The molecule has 3 aromatic rings. The van der Waals surface area contributed by atoms with Crippen LogP contribution in [0.15, 0.2) is 82.6 Å². The van der Waals surface area contributed by atoms with Gasteiger partial charge in [-0.1, -0.05) is 48.5 Å². The normalized spacial score (nSPS) is 11.3. The summed E-state index contributed by atoms with van der Waals surface area (Å²) >= 11 is 0. The summed E-state index contributed by atoms with van der Waals surface area (Å²) in [5.41, 5.74) is 1.49. The van der Waals surface area contributed by atoms with Crippen LogP contribution in [0.4, 0.5) is 5.69 Å². The molecule has 0 atom stereocenters. The highest BCUT2D eigenvalue weighted by molar-refractivity contribution is 7.91. The van der Waals surface area contributed by atoms with Crippen molar-refractivity contribution in [3.05, 3.63) is 88.8 Å². The minimum atomic E-state index is -3.45. The largest absolute Gasteiger partial charge is 0.369 e. The monoisotopic (exact) mass is 383 g/mol. The van der Waals surface area contributed by atoms with Gasteiger partial charge in [-0.3, -0.25) is 4.79 Å². The standard InChI is InChI=1S/C20H21N3O3S/c1-22(16-17-8-4-2-5-9-17)18-14-20(24)23(21-15-18)12-13-27(25,26)19-10-6-3-7-11-19/h2-11,14-15H,12-13,16H2,1H3. The maximum Gasteiger partial charge on any atom is 0.268 e. The molecule has 0 aliphatic rings. The molecule has 27 heavy (non-hydrogen) atoms. The van der Waals surface area contributed by atoms with Gasteiger partial charge in [-0.25, -0.2) is 13.1 Å². The van der Waals surface area contributed by atoms with Gasteiger partial charge in [-0.15, -0.1) is 0 Å². The molecule has 0 aliphatic carbocycles. The Hall–Kier alpha value is -2.93. The number of aryl methyl sites for hydroxylation is 1. The van der Waals surface area contributed by atoms with E-state index in [0.717, 1.165) is 5.56 Å². The lowest BCUT2D eigenvalue weighted by Crippen LogP contribution is -2.28. The van der Waals surface area contributed by atoms with E-state index in [2.05, 4.69) is 5.10 Å². The minimum Gasteiger partial charge on any atom is -0.369 e. The first-order valence-electron chi connectivity index (χ1n) is 8.56. The Morgan fingerprint density at radius 2 is 1.63 bits per heavy atom. The molecular weight excluding hydrogens is 362 g/mol. The molecule has 0 bridgehead atoms.